The summed E-state index contributed by atoms with van der Waals surface area (Å²) in [5.41, 5.74) is 4.65. The Morgan fingerprint density at radius 3 is 2.33 bits per heavy atom. The van der Waals surface area contributed by atoms with Crippen molar-refractivity contribution < 1.29 is 9.53 Å². The normalized spacial score (nSPS) is 13.3. The van der Waals surface area contributed by atoms with Gasteiger partial charge in [-0.15, -0.1) is 0 Å². The topological polar surface area (TPSA) is 26.3 Å². The monoisotopic (exact) mass is 418 g/mol. The number of carbonyl (C=O) groups is 1. The van der Waals surface area contributed by atoms with Gasteiger partial charge in [0.05, 0.1) is 7.11 Å². The maximum atomic E-state index is 12.2. The lowest BCUT2D eigenvalue weighted by Crippen LogP contribution is -2.22. The van der Waals surface area contributed by atoms with Crippen LogP contribution < -0.4 is 10.0 Å². The van der Waals surface area contributed by atoms with E-state index in [0.29, 0.717) is 8.58 Å². The molecule has 0 aliphatic heterocycles. The minimum absolute atomic E-state index is 0.0989. The van der Waals surface area contributed by atoms with Crippen molar-refractivity contribution in [1.29, 1.82) is 0 Å². The molecule has 0 aromatic heterocycles. The standard InChI is InChI=1S/C27H31O2P/c1-5-17-27(3,30-26-14-10-9-13-23(26)20(2)28)24-19-22(15-16-25(24)29-4)18-21-11-7-6-8-12-21/h6-16,19,30H,5,17-18H2,1-4H3. The summed E-state index contributed by atoms with van der Waals surface area (Å²) >= 11 is 0. The number of rotatable bonds is 9. The van der Waals surface area contributed by atoms with Gasteiger partial charge in [0.25, 0.3) is 0 Å². The van der Waals surface area contributed by atoms with E-state index in [9.17, 15) is 4.79 Å². The number of carbonyl (C=O) groups excluding carboxylic acids is 1. The number of methoxy groups -OCH3 is 1. The van der Waals surface area contributed by atoms with Crippen LogP contribution in [-0.4, -0.2) is 12.9 Å². The molecule has 2 unspecified atom stereocenters. The molecule has 0 fully saturated rings. The van der Waals surface area contributed by atoms with Crippen molar-refractivity contribution in [2.75, 3.05) is 7.11 Å². The number of benzene rings is 3. The molecule has 0 N–H and O–H groups in total. The molecule has 2 atom stereocenters. The first kappa shape index (κ1) is 22.2. The van der Waals surface area contributed by atoms with Crippen molar-refractivity contribution in [2.45, 2.75) is 45.2 Å². The molecule has 0 saturated heterocycles. The molecule has 0 heterocycles. The molecule has 0 aliphatic rings. The summed E-state index contributed by atoms with van der Waals surface area (Å²) in [4.78, 5) is 12.2. The molecule has 30 heavy (non-hydrogen) atoms. The van der Waals surface area contributed by atoms with E-state index in [2.05, 4.69) is 68.4 Å². The summed E-state index contributed by atoms with van der Waals surface area (Å²) in [5, 5.41) is 1.04. The van der Waals surface area contributed by atoms with Crippen LogP contribution in [0.25, 0.3) is 0 Å². The number of hydrogen-bond acceptors (Lipinski definition) is 2. The first-order valence-electron chi connectivity index (χ1n) is 10.6. The Morgan fingerprint density at radius 1 is 0.967 bits per heavy atom. The third-order valence-corrected chi connectivity index (χ3v) is 7.35. The van der Waals surface area contributed by atoms with Crippen LogP contribution in [-0.2, 0) is 11.6 Å². The lowest BCUT2D eigenvalue weighted by Gasteiger charge is -2.32. The molecule has 0 aliphatic carbocycles. The highest BCUT2D eigenvalue weighted by Crippen LogP contribution is 2.48. The van der Waals surface area contributed by atoms with E-state index >= 15 is 0 Å². The van der Waals surface area contributed by atoms with Crippen LogP contribution in [0.2, 0.25) is 0 Å². The molecule has 2 nitrogen and oxygen atoms in total. The van der Waals surface area contributed by atoms with E-state index < -0.39 is 0 Å². The molecule has 3 aromatic carbocycles. The van der Waals surface area contributed by atoms with Gasteiger partial charge >= 0.3 is 0 Å². The van der Waals surface area contributed by atoms with Crippen molar-refractivity contribution in [3.05, 3.63) is 95.1 Å². The summed E-state index contributed by atoms with van der Waals surface area (Å²) in [5.74, 6) is 1.05. The van der Waals surface area contributed by atoms with Gasteiger partial charge in [0.15, 0.2) is 5.78 Å². The third-order valence-electron chi connectivity index (χ3n) is 5.58. The van der Waals surface area contributed by atoms with Crippen molar-refractivity contribution >= 4 is 19.7 Å². The number of hydrogen-bond donors (Lipinski definition) is 0. The minimum Gasteiger partial charge on any atom is -0.496 e. The molecular weight excluding hydrogens is 387 g/mol. The summed E-state index contributed by atoms with van der Waals surface area (Å²) in [6, 6.07) is 25.1. The average Bonchev–Trinajstić information content (AvgIpc) is 2.75. The Bertz CT molecular complexity index is 997. The Morgan fingerprint density at radius 2 is 1.67 bits per heavy atom. The Kier molecular flexibility index (Phi) is 7.45. The zero-order chi connectivity index (χ0) is 21.6. The third kappa shape index (κ3) is 5.18. The van der Waals surface area contributed by atoms with Gasteiger partial charge in [-0.05, 0) is 42.3 Å². The van der Waals surface area contributed by atoms with E-state index in [-0.39, 0.29) is 10.9 Å². The fourth-order valence-electron chi connectivity index (χ4n) is 4.09. The summed E-state index contributed by atoms with van der Waals surface area (Å²) < 4.78 is 5.80. The highest BCUT2D eigenvalue weighted by Gasteiger charge is 2.31. The second-order valence-electron chi connectivity index (χ2n) is 8.01. The molecular formula is C27H31O2P. The SMILES string of the molecule is CCCC(C)(Pc1ccccc1C(C)=O)c1cc(Cc2ccccc2)ccc1OC. The smallest absolute Gasteiger partial charge is 0.160 e. The minimum atomic E-state index is -0.0989. The molecule has 0 bridgehead atoms. The van der Waals surface area contributed by atoms with Crippen LogP contribution in [0.15, 0.2) is 72.8 Å². The van der Waals surface area contributed by atoms with Gasteiger partial charge in [-0.2, -0.15) is 0 Å². The van der Waals surface area contributed by atoms with E-state index in [1.54, 1.807) is 14.0 Å². The summed E-state index contributed by atoms with van der Waals surface area (Å²) in [7, 11) is 2.23. The van der Waals surface area contributed by atoms with Gasteiger partial charge in [0, 0.05) is 16.3 Å². The second-order valence-corrected chi connectivity index (χ2v) is 9.90. The summed E-state index contributed by atoms with van der Waals surface area (Å²) in [6.45, 7) is 6.19. The summed E-state index contributed by atoms with van der Waals surface area (Å²) in [6.07, 6.45) is 2.99. The Hall–Kier alpha value is -2.44. The van der Waals surface area contributed by atoms with Gasteiger partial charge in [0.2, 0.25) is 0 Å². The molecule has 3 heteroatoms. The van der Waals surface area contributed by atoms with Crippen LogP contribution in [0.5, 0.6) is 5.75 Å². The maximum Gasteiger partial charge on any atom is 0.160 e. The van der Waals surface area contributed by atoms with Gasteiger partial charge < -0.3 is 4.74 Å². The first-order valence-corrected chi connectivity index (χ1v) is 11.6. The fourth-order valence-corrected chi connectivity index (χ4v) is 5.96. The zero-order valence-corrected chi connectivity index (χ0v) is 19.4. The Labute approximate surface area is 182 Å². The molecule has 0 amide bonds. The van der Waals surface area contributed by atoms with Crippen LogP contribution in [0.3, 0.4) is 0 Å². The molecule has 0 radical (unpaired) electrons. The van der Waals surface area contributed by atoms with Crippen LogP contribution in [0.1, 0.15) is 60.7 Å². The predicted molar refractivity (Wildman–Crippen MR) is 129 cm³/mol. The zero-order valence-electron chi connectivity index (χ0n) is 18.4. The highest BCUT2D eigenvalue weighted by atomic mass is 31.1. The number of Topliss-reactive ketones (excluding diaryl/α,β-unsaturated/α-hetero) is 1. The quantitative estimate of drug-likeness (QED) is 0.293. The largest absolute Gasteiger partial charge is 0.496 e. The van der Waals surface area contributed by atoms with Crippen LogP contribution >= 0.6 is 8.58 Å². The molecule has 0 saturated carbocycles. The first-order chi connectivity index (χ1) is 14.5. The van der Waals surface area contributed by atoms with E-state index in [1.807, 2.05) is 18.2 Å². The second kappa shape index (κ2) is 10.0. The fraction of sp³-hybridized carbons (Fsp3) is 0.296. The maximum absolute atomic E-state index is 12.2. The van der Waals surface area contributed by atoms with Crippen LogP contribution in [0, 0.1) is 0 Å². The van der Waals surface area contributed by atoms with Gasteiger partial charge in [-0.25, -0.2) is 0 Å². The number of ketones is 1. The lowest BCUT2D eigenvalue weighted by molar-refractivity contribution is 0.101. The van der Waals surface area contributed by atoms with Gasteiger partial charge in [-0.3, -0.25) is 4.79 Å². The van der Waals surface area contributed by atoms with Crippen LogP contribution in [0.4, 0.5) is 0 Å². The van der Waals surface area contributed by atoms with E-state index in [0.717, 1.165) is 35.9 Å². The lowest BCUT2D eigenvalue weighted by atomic mass is 9.91. The van der Waals surface area contributed by atoms with Crippen molar-refractivity contribution in [1.82, 2.24) is 0 Å². The van der Waals surface area contributed by atoms with Crippen molar-refractivity contribution in [3.63, 3.8) is 0 Å². The van der Waals surface area contributed by atoms with E-state index in [1.165, 1.54) is 16.7 Å². The average molecular weight is 419 g/mol. The molecule has 3 aromatic rings. The van der Waals surface area contributed by atoms with Crippen molar-refractivity contribution in [3.8, 4) is 5.75 Å². The van der Waals surface area contributed by atoms with E-state index in [4.69, 9.17) is 4.74 Å². The van der Waals surface area contributed by atoms with Crippen molar-refractivity contribution in [2.24, 2.45) is 0 Å². The predicted octanol–water partition coefficient (Wildman–Crippen LogP) is 6.51. The highest BCUT2D eigenvalue weighted by molar-refractivity contribution is 7.48. The van der Waals surface area contributed by atoms with Gasteiger partial charge in [-0.1, -0.05) is 95.6 Å². The molecule has 3 rings (SSSR count). The van der Waals surface area contributed by atoms with Gasteiger partial charge in [0.1, 0.15) is 5.75 Å². The number of ether oxygens (including phenoxy) is 1. The Balaban J connectivity index is 2.03. The molecule has 156 valence electrons. The molecule has 0 spiro atoms.